The van der Waals surface area contributed by atoms with Crippen LogP contribution < -0.4 is 0 Å². The van der Waals surface area contributed by atoms with Crippen molar-refractivity contribution in [3.8, 4) is 0 Å². The van der Waals surface area contributed by atoms with Gasteiger partial charge in [0.05, 0.1) is 4.90 Å². The number of carbonyl (C=O) groups is 1. The highest BCUT2D eigenvalue weighted by Crippen LogP contribution is 2.22. The largest absolute Gasteiger partial charge is 0.336 e. The normalized spacial score (nSPS) is 15.9. The first kappa shape index (κ1) is 20.3. The van der Waals surface area contributed by atoms with Gasteiger partial charge in [-0.15, -0.1) is 0 Å². The van der Waals surface area contributed by atoms with Crippen molar-refractivity contribution in [1.29, 1.82) is 0 Å². The van der Waals surface area contributed by atoms with Crippen molar-refractivity contribution in [2.75, 3.05) is 26.2 Å². The van der Waals surface area contributed by atoms with E-state index < -0.39 is 10.0 Å². The highest BCUT2D eigenvalue weighted by atomic mass is 127. The lowest BCUT2D eigenvalue weighted by Crippen LogP contribution is -2.50. The molecule has 0 aromatic heterocycles. The Bertz CT molecular complexity index is 918. The maximum Gasteiger partial charge on any atom is 0.253 e. The number of piperazine rings is 1. The Kier molecular flexibility index (Phi) is 6.22. The molecule has 1 aliphatic rings. The summed E-state index contributed by atoms with van der Waals surface area (Å²) in [6.45, 7) is 5.57. The molecule has 3 rings (SSSR count). The first-order valence-corrected chi connectivity index (χ1v) is 11.5. The summed E-state index contributed by atoms with van der Waals surface area (Å²) in [5, 5.41) is 0. The van der Waals surface area contributed by atoms with Crippen molar-refractivity contribution in [2.45, 2.75) is 24.7 Å². The summed E-state index contributed by atoms with van der Waals surface area (Å²) < 4.78 is 28.2. The van der Waals surface area contributed by atoms with Gasteiger partial charge in [0.25, 0.3) is 5.91 Å². The van der Waals surface area contributed by atoms with Crippen LogP contribution in [0.5, 0.6) is 0 Å². The quantitative estimate of drug-likeness (QED) is 0.606. The van der Waals surface area contributed by atoms with Crippen molar-refractivity contribution in [3.05, 3.63) is 63.2 Å². The average Bonchev–Trinajstić information content (AvgIpc) is 2.67. The summed E-state index contributed by atoms with van der Waals surface area (Å²) in [4.78, 5) is 14.7. The number of amides is 1. The van der Waals surface area contributed by atoms with Crippen molar-refractivity contribution < 1.29 is 13.2 Å². The van der Waals surface area contributed by atoms with Crippen molar-refractivity contribution in [3.63, 3.8) is 0 Å². The third-order valence-electron chi connectivity index (χ3n) is 4.78. The van der Waals surface area contributed by atoms with E-state index in [9.17, 15) is 13.2 Å². The molecule has 0 radical (unpaired) electrons. The van der Waals surface area contributed by atoms with Gasteiger partial charge in [-0.3, -0.25) is 4.79 Å². The van der Waals surface area contributed by atoms with Crippen LogP contribution >= 0.6 is 22.6 Å². The van der Waals surface area contributed by atoms with Gasteiger partial charge in [-0.05, 0) is 64.4 Å². The summed E-state index contributed by atoms with van der Waals surface area (Å²) in [7, 11) is -3.53. The monoisotopic (exact) mass is 498 g/mol. The minimum absolute atomic E-state index is 0.0492. The zero-order valence-electron chi connectivity index (χ0n) is 15.4. The summed E-state index contributed by atoms with van der Waals surface area (Å²) in [6, 6.07) is 14.5. The molecule has 0 spiro atoms. The zero-order valence-corrected chi connectivity index (χ0v) is 18.4. The molecule has 1 saturated heterocycles. The molecular formula is C20H23IN2O3S. The van der Waals surface area contributed by atoms with Crippen molar-refractivity contribution >= 4 is 38.5 Å². The second kappa shape index (κ2) is 8.28. The van der Waals surface area contributed by atoms with Crippen LogP contribution in [0.1, 0.15) is 35.7 Å². The van der Waals surface area contributed by atoms with Crippen LogP contribution in [0.4, 0.5) is 0 Å². The highest BCUT2D eigenvalue weighted by Gasteiger charge is 2.30. The Labute approximate surface area is 174 Å². The molecule has 1 aliphatic heterocycles. The molecule has 0 saturated carbocycles. The predicted octanol–water partition coefficient (Wildman–Crippen LogP) is 3.56. The van der Waals surface area contributed by atoms with Gasteiger partial charge in [-0.2, -0.15) is 4.31 Å². The molecule has 1 amide bonds. The lowest BCUT2D eigenvalue weighted by atomic mass is 10.0. The number of carbonyl (C=O) groups excluding carboxylic acids is 1. The number of benzene rings is 2. The Hall–Kier alpha value is -1.45. The van der Waals surface area contributed by atoms with E-state index >= 15 is 0 Å². The molecule has 144 valence electrons. The first-order valence-electron chi connectivity index (χ1n) is 8.94. The minimum atomic E-state index is -3.53. The van der Waals surface area contributed by atoms with E-state index in [-0.39, 0.29) is 5.91 Å². The Morgan fingerprint density at radius 2 is 1.63 bits per heavy atom. The predicted molar refractivity (Wildman–Crippen MR) is 114 cm³/mol. The van der Waals surface area contributed by atoms with Crippen LogP contribution in [-0.4, -0.2) is 49.7 Å². The van der Waals surface area contributed by atoms with Crippen LogP contribution in [0.25, 0.3) is 0 Å². The molecule has 5 nitrogen and oxygen atoms in total. The van der Waals surface area contributed by atoms with Gasteiger partial charge in [0.2, 0.25) is 10.0 Å². The summed E-state index contributed by atoms with van der Waals surface area (Å²) in [5.74, 6) is 0.309. The van der Waals surface area contributed by atoms with Gasteiger partial charge in [0.1, 0.15) is 0 Å². The maximum atomic E-state index is 12.9. The molecule has 0 N–H and O–H groups in total. The second-order valence-electron chi connectivity index (χ2n) is 6.93. The van der Waals surface area contributed by atoms with Gasteiger partial charge in [-0.1, -0.05) is 32.0 Å². The smallest absolute Gasteiger partial charge is 0.253 e. The van der Waals surface area contributed by atoms with Crippen LogP contribution in [0.3, 0.4) is 0 Å². The maximum absolute atomic E-state index is 12.9. The standard InChI is InChI=1S/C20H23IN2O3S/c1-15(2)16-6-8-19(9-7-16)27(25,26)23-12-10-22(11-13-23)20(24)17-4-3-5-18(21)14-17/h3-9,14-15H,10-13H2,1-2H3. The molecule has 27 heavy (non-hydrogen) atoms. The molecule has 0 unspecified atom stereocenters. The molecule has 2 aromatic carbocycles. The molecule has 0 atom stereocenters. The van der Waals surface area contributed by atoms with Gasteiger partial charge in [-0.25, -0.2) is 8.42 Å². The first-order chi connectivity index (χ1) is 12.8. The second-order valence-corrected chi connectivity index (χ2v) is 10.1. The SMILES string of the molecule is CC(C)c1ccc(S(=O)(=O)N2CCN(C(=O)c3cccc(I)c3)CC2)cc1. The Morgan fingerprint density at radius 1 is 1.00 bits per heavy atom. The van der Waals surface area contributed by atoms with Crippen LogP contribution in [0, 0.1) is 3.57 Å². The number of hydrogen-bond donors (Lipinski definition) is 0. The minimum Gasteiger partial charge on any atom is -0.336 e. The fraction of sp³-hybridized carbons (Fsp3) is 0.350. The number of rotatable bonds is 4. The van der Waals surface area contributed by atoms with Crippen LogP contribution in [-0.2, 0) is 10.0 Å². The molecule has 0 aliphatic carbocycles. The fourth-order valence-electron chi connectivity index (χ4n) is 3.11. The van der Waals surface area contributed by atoms with Gasteiger partial charge in [0.15, 0.2) is 0 Å². The molecule has 1 heterocycles. The van der Waals surface area contributed by atoms with E-state index in [4.69, 9.17) is 0 Å². The summed E-state index contributed by atoms with van der Waals surface area (Å²) in [5.41, 5.74) is 1.75. The van der Waals surface area contributed by atoms with E-state index in [1.807, 2.05) is 30.3 Å². The fourth-order valence-corrected chi connectivity index (χ4v) is 5.07. The van der Waals surface area contributed by atoms with Gasteiger partial charge < -0.3 is 4.90 Å². The van der Waals surface area contributed by atoms with E-state index in [0.29, 0.717) is 42.6 Å². The topological polar surface area (TPSA) is 57.7 Å². The van der Waals surface area contributed by atoms with E-state index in [1.54, 1.807) is 23.1 Å². The van der Waals surface area contributed by atoms with E-state index in [0.717, 1.165) is 9.13 Å². The van der Waals surface area contributed by atoms with Gasteiger partial charge in [0, 0.05) is 35.3 Å². The van der Waals surface area contributed by atoms with Crippen LogP contribution in [0.15, 0.2) is 53.4 Å². The average molecular weight is 498 g/mol. The Balaban J connectivity index is 1.68. The third kappa shape index (κ3) is 4.52. The summed E-state index contributed by atoms with van der Waals surface area (Å²) in [6.07, 6.45) is 0. The number of halogens is 1. The number of nitrogens with zero attached hydrogens (tertiary/aromatic N) is 2. The highest BCUT2D eigenvalue weighted by molar-refractivity contribution is 14.1. The van der Waals surface area contributed by atoms with Gasteiger partial charge >= 0.3 is 0 Å². The number of sulfonamides is 1. The lowest BCUT2D eigenvalue weighted by molar-refractivity contribution is 0.0698. The molecular weight excluding hydrogens is 475 g/mol. The zero-order chi connectivity index (χ0) is 19.6. The van der Waals surface area contributed by atoms with Crippen molar-refractivity contribution in [2.24, 2.45) is 0 Å². The van der Waals surface area contributed by atoms with E-state index in [1.165, 1.54) is 4.31 Å². The van der Waals surface area contributed by atoms with E-state index in [2.05, 4.69) is 36.4 Å². The van der Waals surface area contributed by atoms with Crippen molar-refractivity contribution in [1.82, 2.24) is 9.21 Å². The molecule has 1 fully saturated rings. The third-order valence-corrected chi connectivity index (χ3v) is 7.37. The van der Waals surface area contributed by atoms with Crippen LogP contribution in [0.2, 0.25) is 0 Å². The molecule has 7 heteroatoms. The molecule has 2 aromatic rings. The lowest BCUT2D eigenvalue weighted by Gasteiger charge is -2.34. The molecule has 0 bridgehead atoms. The number of hydrogen-bond acceptors (Lipinski definition) is 3. The Morgan fingerprint density at radius 3 is 2.19 bits per heavy atom. The summed E-state index contributed by atoms with van der Waals surface area (Å²) >= 11 is 2.18.